The summed E-state index contributed by atoms with van der Waals surface area (Å²) in [6.45, 7) is 82.2. The second-order valence-corrected chi connectivity index (χ2v) is 39.2. The highest BCUT2D eigenvalue weighted by Crippen LogP contribution is 2.62. The second kappa shape index (κ2) is 38.6. The Hall–Kier alpha value is -0.280. The van der Waals surface area contributed by atoms with Gasteiger partial charge >= 0.3 is 0 Å². The van der Waals surface area contributed by atoms with Crippen molar-refractivity contribution < 1.29 is 4.74 Å². The minimum absolute atomic E-state index is 0.464. The minimum Gasteiger partial charge on any atom is -0.379 e. The largest absolute Gasteiger partial charge is 0.379 e. The minimum atomic E-state index is 0.464. The number of ether oxygens (including phenoxy) is 1. The first-order valence-electron chi connectivity index (χ1n) is 39.2. The zero-order chi connectivity index (χ0) is 66.9. The van der Waals surface area contributed by atoms with E-state index in [0.29, 0.717) is 48.7 Å². The van der Waals surface area contributed by atoms with E-state index in [1.165, 1.54) is 272 Å². The first-order chi connectivity index (χ1) is 41.2. The van der Waals surface area contributed by atoms with Gasteiger partial charge in [-0.05, 0) is 318 Å². The summed E-state index contributed by atoms with van der Waals surface area (Å²) in [6.07, 6.45) is 36.9. The summed E-state index contributed by atoms with van der Waals surface area (Å²) < 4.78 is 5.31. The van der Waals surface area contributed by atoms with Crippen molar-refractivity contribution in [1.82, 2.24) is 29.4 Å². The van der Waals surface area contributed by atoms with Gasteiger partial charge in [0.05, 0.1) is 13.2 Å². The zero-order valence-corrected chi connectivity index (χ0v) is 65.8. The molecule has 8 saturated heterocycles. The summed E-state index contributed by atoms with van der Waals surface area (Å²) in [4.78, 5) is 15.6. The smallest absolute Gasteiger partial charge is 0.0594 e. The molecule has 530 valence electrons. The van der Waals surface area contributed by atoms with Crippen molar-refractivity contribution in [2.24, 2.45) is 66.0 Å². The third kappa shape index (κ3) is 32.6. The van der Waals surface area contributed by atoms with Crippen molar-refractivity contribution in [3.05, 3.63) is 0 Å². The second-order valence-electron chi connectivity index (χ2n) is 39.2. The molecule has 7 heteroatoms. The Labute approximate surface area is 561 Å². The quantitative estimate of drug-likeness (QED) is 0.170. The van der Waals surface area contributed by atoms with Crippen LogP contribution in [0.3, 0.4) is 0 Å². The number of hydrogen-bond donors (Lipinski definition) is 0. The van der Waals surface area contributed by atoms with Gasteiger partial charge in [-0.25, -0.2) is 0 Å². The molecule has 7 nitrogen and oxygen atoms in total. The van der Waals surface area contributed by atoms with Gasteiger partial charge in [0.1, 0.15) is 0 Å². The van der Waals surface area contributed by atoms with E-state index in [1.54, 1.807) is 0 Å². The number of likely N-dealkylation sites (tertiary alicyclic amines) is 4. The van der Waals surface area contributed by atoms with E-state index in [-0.39, 0.29) is 0 Å². The van der Waals surface area contributed by atoms with Crippen LogP contribution in [0.1, 0.15) is 333 Å². The average Bonchev–Trinajstić information content (AvgIpc) is 1.79. The number of hydrogen-bond acceptors (Lipinski definition) is 7. The van der Waals surface area contributed by atoms with E-state index in [1.807, 2.05) is 0 Å². The molecular formula is C82H166N6O. The molecule has 10 aliphatic rings. The molecule has 0 aromatic carbocycles. The van der Waals surface area contributed by atoms with Gasteiger partial charge in [-0.15, -0.1) is 0 Å². The molecule has 0 aromatic heterocycles. The molecule has 2 aliphatic carbocycles. The van der Waals surface area contributed by atoms with Gasteiger partial charge in [-0.3, -0.25) is 4.90 Å². The topological polar surface area (TPSA) is 28.7 Å². The van der Waals surface area contributed by atoms with E-state index in [2.05, 4.69) is 196 Å². The van der Waals surface area contributed by atoms with Crippen LogP contribution < -0.4 is 0 Å². The van der Waals surface area contributed by atoms with E-state index in [4.69, 9.17) is 4.74 Å². The average molecular weight is 1250 g/mol. The van der Waals surface area contributed by atoms with Crippen LogP contribution in [0.25, 0.3) is 0 Å². The van der Waals surface area contributed by atoms with Gasteiger partial charge in [-0.1, -0.05) is 185 Å². The third-order valence-corrected chi connectivity index (χ3v) is 24.5. The summed E-state index contributed by atoms with van der Waals surface area (Å²) in [5.74, 6) is 2.05. The Balaban J connectivity index is 0.000000272. The molecule has 0 unspecified atom stereocenters. The molecule has 0 spiro atoms. The number of morpholine rings is 1. The van der Waals surface area contributed by atoms with Crippen molar-refractivity contribution in [2.45, 2.75) is 333 Å². The van der Waals surface area contributed by atoms with Crippen molar-refractivity contribution in [2.75, 3.05) is 131 Å². The standard InChI is InChI=1S/2C13H27N.C12H25N.C11H23NO.C11H21N.C11H23N.C11H20/c1-13(2,3)9-5-8-12-14-10-6-4-7-11-14;1-6-9-14-10-7-13(5,8-11-14)12(2,3)4;1-5-8-13-9-6-11(7-10-13)12(2,3)4;1-11(2,3)5-4-6-12-7-9-13-10-8-12;1-10(2,3)11-4-7-12(8-5-11)9-6-11;1-11(2,3)7-10-12-8-5-4-6-9-12;1-10(2,3)11-6-4-9(8-11)5-7-11/h4-12H2,1-3H3;6-11H2,1-5H3;11H,5-10H2,1-4H3;4-10H2,1-3H3;4-9H2,1-3H3;4-10H2,1-3H3;9H,4-8H2,1-3H3. The van der Waals surface area contributed by atoms with E-state index < -0.39 is 0 Å². The van der Waals surface area contributed by atoms with Crippen molar-refractivity contribution in [3.63, 3.8) is 0 Å². The Bertz CT molecular complexity index is 1740. The number of nitrogens with zero attached hydrogens (tertiary/aromatic N) is 6. The molecule has 8 heterocycles. The van der Waals surface area contributed by atoms with Crippen LogP contribution >= 0.6 is 0 Å². The number of rotatable bonds is 13. The first kappa shape index (κ1) is 82.9. The van der Waals surface area contributed by atoms with Gasteiger partial charge in [0.15, 0.2) is 0 Å². The predicted molar refractivity (Wildman–Crippen MR) is 397 cm³/mol. The van der Waals surface area contributed by atoms with Gasteiger partial charge in [-0.2, -0.15) is 0 Å². The van der Waals surface area contributed by atoms with Gasteiger partial charge in [0.25, 0.3) is 0 Å². The lowest BCUT2D eigenvalue weighted by atomic mass is 9.58. The fourth-order valence-corrected chi connectivity index (χ4v) is 16.4. The van der Waals surface area contributed by atoms with Crippen LogP contribution in [0, 0.1) is 66.0 Å². The summed E-state index contributed by atoms with van der Waals surface area (Å²) in [5.41, 5.74) is 5.60. The molecule has 2 saturated carbocycles. The molecule has 89 heavy (non-hydrogen) atoms. The fourth-order valence-electron chi connectivity index (χ4n) is 16.4. The molecule has 10 fully saturated rings. The molecule has 0 radical (unpaired) electrons. The van der Waals surface area contributed by atoms with Gasteiger partial charge in [0.2, 0.25) is 0 Å². The van der Waals surface area contributed by atoms with Crippen LogP contribution in [-0.2, 0) is 4.74 Å². The van der Waals surface area contributed by atoms with Crippen LogP contribution in [-0.4, -0.2) is 160 Å². The molecule has 4 bridgehead atoms. The summed E-state index contributed by atoms with van der Waals surface area (Å²) in [6, 6.07) is 0. The van der Waals surface area contributed by atoms with Crippen molar-refractivity contribution in [3.8, 4) is 0 Å². The molecule has 0 aromatic rings. The maximum atomic E-state index is 5.31. The Morgan fingerprint density at radius 3 is 1.10 bits per heavy atom. The molecule has 0 N–H and O–H groups in total. The lowest BCUT2D eigenvalue weighted by Gasteiger charge is -2.55. The number of piperidine rings is 7. The van der Waals surface area contributed by atoms with Gasteiger partial charge in [0, 0.05) is 13.1 Å². The third-order valence-electron chi connectivity index (χ3n) is 24.5. The highest BCUT2D eigenvalue weighted by Gasteiger charge is 2.51. The zero-order valence-electron chi connectivity index (χ0n) is 65.8. The lowest BCUT2D eigenvalue weighted by molar-refractivity contribution is -0.0524. The van der Waals surface area contributed by atoms with E-state index >= 15 is 0 Å². The molecule has 10 rings (SSSR count). The van der Waals surface area contributed by atoms with Crippen LogP contribution in [0.5, 0.6) is 0 Å². The highest BCUT2D eigenvalue weighted by atomic mass is 16.5. The highest BCUT2D eigenvalue weighted by molar-refractivity contribution is 5.02. The van der Waals surface area contributed by atoms with Crippen molar-refractivity contribution in [1.29, 1.82) is 0 Å². The van der Waals surface area contributed by atoms with Crippen molar-refractivity contribution >= 4 is 0 Å². The van der Waals surface area contributed by atoms with Crippen LogP contribution in [0.2, 0.25) is 0 Å². The maximum Gasteiger partial charge on any atom is 0.0594 e. The molecule has 8 aliphatic heterocycles. The summed E-state index contributed by atoms with van der Waals surface area (Å²) in [5, 5.41) is 0. The Morgan fingerprint density at radius 1 is 0.348 bits per heavy atom. The normalized spacial score (nSPS) is 27.0. The van der Waals surface area contributed by atoms with Gasteiger partial charge < -0.3 is 29.2 Å². The summed E-state index contributed by atoms with van der Waals surface area (Å²) in [7, 11) is 0. The molecular weight excluding hydrogens is 1080 g/mol. The monoisotopic (exact) mass is 1250 g/mol. The SMILES string of the molecule is CC(C)(C)C12CCC(CC1)C2.CC(C)(C)C12CCN(CC1)CC2.CC(C)(C)CCCCN1CCCCC1.CC(C)(C)CCCN1CCOCC1.CC(C)(C)CCN1CCCCC1.CCCN1CCC(C(C)(C)C)CC1.CCCN1CCC(C)(C(C)(C)C)CC1. The Kier molecular flexibility index (Phi) is 36.0. The van der Waals surface area contributed by atoms with Crippen LogP contribution in [0.4, 0.5) is 0 Å². The lowest BCUT2D eigenvalue weighted by Crippen LogP contribution is -2.53. The predicted octanol–water partition coefficient (Wildman–Crippen LogP) is 21.6. The number of unbranched alkanes of at least 4 members (excludes halogenated alkanes) is 1. The van der Waals surface area contributed by atoms with E-state index in [9.17, 15) is 0 Å². The van der Waals surface area contributed by atoms with Crippen LogP contribution in [0.15, 0.2) is 0 Å². The maximum absolute atomic E-state index is 5.31. The fraction of sp³-hybridized carbons (Fsp3) is 1.00. The van der Waals surface area contributed by atoms with E-state index in [0.717, 1.165) is 43.6 Å². The summed E-state index contributed by atoms with van der Waals surface area (Å²) >= 11 is 0. The molecule has 0 amide bonds. The molecule has 0 atom stereocenters. The Morgan fingerprint density at radius 2 is 0.742 bits per heavy atom. The first-order valence-corrected chi connectivity index (χ1v) is 39.2. The number of fused-ring (bicyclic) bond motifs is 5.